The van der Waals surface area contributed by atoms with Crippen LogP contribution in [0.15, 0.2) is 48.5 Å². The lowest BCUT2D eigenvalue weighted by molar-refractivity contribution is 0.0925. The van der Waals surface area contributed by atoms with Gasteiger partial charge in [0, 0.05) is 6.42 Å². The molecular formula is C22H26N2O5S. The van der Waals surface area contributed by atoms with Crippen molar-refractivity contribution in [3.05, 3.63) is 54.4 Å². The zero-order valence-corrected chi connectivity index (χ0v) is 17.7. The minimum absolute atomic E-state index is 0.0678. The summed E-state index contributed by atoms with van der Waals surface area (Å²) in [6.45, 7) is 0.460. The molecule has 2 atom stereocenters. The molecule has 30 heavy (non-hydrogen) atoms. The number of sulfone groups is 1. The molecule has 0 radical (unpaired) electrons. The van der Waals surface area contributed by atoms with Crippen molar-refractivity contribution in [1.29, 1.82) is 0 Å². The molecule has 0 amide bonds. The molecule has 4 rings (SSSR count). The van der Waals surface area contributed by atoms with Gasteiger partial charge in [-0.15, -0.1) is 0 Å². The van der Waals surface area contributed by atoms with Crippen LogP contribution in [0.1, 0.15) is 12.2 Å². The maximum atomic E-state index is 11.8. The number of aromatic nitrogens is 2. The summed E-state index contributed by atoms with van der Waals surface area (Å²) in [6, 6.07) is 15.0. The van der Waals surface area contributed by atoms with E-state index in [1.807, 2.05) is 28.8 Å². The van der Waals surface area contributed by atoms with E-state index in [9.17, 15) is 13.5 Å². The van der Waals surface area contributed by atoms with Crippen LogP contribution >= 0.6 is 0 Å². The summed E-state index contributed by atoms with van der Waals surface area (Å²) in [4.78, 5) is 4.72. The second-order valence-electron chi connectivity index (χ2n) is 7.74. The molecule has 1 fully saturated rings. The van der Waals surface area contributed by atoms with Crippen LogP contribution in [0, 0.1) is 5.92 Å². The molecule has 0 spiro atoms. The fraction of sp³-hybridized carbons (Fsp3) is 0.409. The molecular weight excluding hydrogens is 404 g/mol. The molecule has 0 saturated carbocycles. The Hall–Kier alpha value is -2.58. The van der Waals surface area contributed by atoms with Crippen molar-refractivity contribution in [3.8, 4) is 11.5 Å². The zero-order chi connectivity index (χ0) is 21.1. The number of methoxy groups -OCH3 is 1. The van der Waals surface area contributed by atoms with Gasteiger partial charge in [0.25, 0.3) is 0 Å². The highest BCUT2D eigenvalue weighted by molar-refractivity contribution is 7.91. The number of hydrogen-bond acceptors (Lipinski definition) is 6. The van der Waals surface area contributed by atoms with Gasteiger partial charge >= 0.3 is 0 Å². The third-order valence-electron chi connectivity index (χ3n) is 5.43. The van der Waals surface area contributed by atoms with E-state index in [-0.39, 0.29) is 24.0 Å². The van der Waals surface area contributed by atoms with Crippen molar-refractivity contribution in [2.45, 2.75) is 25.5 Å². The van der Waals surface area contributed by atoms with E-state index >= 15 is 0 Å². The van der Waals surface area contributed by atoms with Crippen LogP contribution < -0.4 is 9.47 Å². The second kappa shape index (κ2) is 8.65. The predicted molar refractivity (Wildman–Crippen MR) is 115 cm³/mol. The monoisotopic (exact) mass is 430 g/mol. The number of hydrogen-bond donors (Lipinski definition) is 1. The summed E-state index contributed by atoms with van der Waals surface area (Å²) in [5, 5.41) is 10.6. The molecule has 7 nitrogen and oxygen atoms in total. The number of para-hydroxylation sites is 2. The van der Waals surface area contributed by atoms with Gasteiger partial charge in [0.15, 0.2) is 9.84 Å². The van der Waals surface area contributed by atoms with Gasteiger partial charge < -0.3 is 19.1 Å². The number of aliphatic hydroxyl groups is 1. The maximum absolute atomic E-state index is 11.8. The van der Waals surface area contributed by atoms with Crippen LogP contribution in [0.5, 0.6) is 11.5 Å². The Morgan fingerprint density at radius 1 is 1.17 bits per heavy atom. The SMILES string of the molecule is COc1ccc(OC[C@@H](O)Cn2c(C[C@@H]3CCS(=O)(=O)C3)nc3ccccc32)cc1. The summed E-state index contributed by atoms with van der Waals surface area (Å²) in [6.07, 6.45) is 0.505. The van der Waals surface area contributed by atoms with Crippen molar-refractivity contribution < 1.29 is 23.0 Å². The Morgan fingerprint density at radius 2 is 1.90 bits per heavy atom. The Labute approximate surface area is 176 Å². The molecule has 2 heterocycles. The number of fused-ring (bicyclic) bond motifs is 1. The molecule has 3 aromatic rings. The van der Waals surface area contributed by atoms with E-state index in [0.717, 1.165) is 22.6 Å². The van der Waals surface area contributed by atoms with Crippen LogP contribution in [0.3, 0.4) is 0 Å². The molecule has 8 heteroatoms. The van der Waals surface area contributed by atoms with Crippen LogP contribution in [-0.4, -0.2) is 54.4 Å². The van der Waals surface area contributed by atoms with E-state index in [1.165, 1.54) is 0 Å². The first-order valence-electron chi connectivity index (χ1n) is 10.0. The van der Waals surface area contributed by atoms with Crippen LogP contribution in [0.2, 0.25) is 0 Å². The summed E-state index contributed by atoms with van der Waals surface area (Å²) < 4.78 is 36.5. The zero-order valence-electron chi connectivity index (χ0n) is 16.9. The number of nitrogens with zero attached hydrogens (tertiary/aromatic N) is 2. The highest BCUT2D eigenvalue weighted by atomic mass is 32.2. The van der Waals surface area contributed by atoms with Crippen LogP contribution in [-0.2, 0) is 22.8 Å². The van der Waals surface area contributed by atoms with Gasteiger partial charge in [0.1, 0.15) is 30.0 Å². The van der Waals surface area contributed by atoms with Gasteiger partial charge in [0.2, 0.25) is 0 Å². The molecule has 1 aromatic heterocycles. The minimum atomic E-state index is -2.94. The Balaban J connectivity index is 1.47. The number of benzene rings is 2. The van der Waals surface area contributed by atoms with Crippen molar-refractivity contribution >= 4 is 20.9 Å². The number of imidazole rings is 1. The van der Waals surface area contributed by atoms with Gasteiger partial charge in [-0.1, -0.05) is 12.1 Å². The van der Waals surface area contributed by atoms with Gasteiger partial charge in [-0.2, -0.15) is 0 Å². The van der Waals surface area contributed by atoms with Crippen LogP contribution in [0.4, 0.5) is 0 Å². The van der Waals surface area contributed by atoms with Crippen LogP contribution in [0.25, 0.3) is 11.0 Å². The van der Waals surface area contributed by atoms with E-state index in [1.54, 1.807) is 31.4 Å². The highest BCUT2D eigenvalue weighted by Crippen LogP contribution is 2.25. The van der Waals surface area contributed by atoms with Gasteiger partial charge in [0.05, 0.1) is 36.2 Å². The number of aliphatic hydroxyl groups excluding tert-OH is 1. The number of rotatable bonds is 8. The average molecular weight is 431 g/mol. The lowest BCUT2D eigenvalue weighted by Crippen LogP contribution is -2.25. The maximum Gasteiger partial charge on any atom is 0.150 e. The fourth-order valence-electron chi connectivity index (χ4n) is 3.90. The Bertz CT molecular complexity index is 1110. The predicted octanol–water partition coefficient (Wildman–Crippen LogP) is 2.46. The lowest BCUT2D eigenvalue weighted by Gasteiger charge is -2.17. The molecule has 0 bridgehead atoms. The van der Waals surface area contributed by atoms with E-state index in [4.69, 9.17) is 14.5 Å². The molecule has 1 N–H and O–H groups in total. The minimum Gasteiger partial charge on any atom is -0.497 e. The summed E-state index contributed by atoms with van der Waals surface area (Å²) in [7, 11) is -1.34. The molecule has 0 aliphatic carbocycles. The third-order valence-corrected chi connectivity index (χ3v) is 7.26. The second-order valence-corrected chi connectivity index (χ2v) is 9.97. The highest BCUT2D eigenvalue weighted by Gasteiger charge is 2.29. The first kappa shape index (κ1) is 20.7. The Morgan fingerprint density at radius 3 is 2.60 bits per heavy atom. The van der Waals surface area contributed by atoms with Gasteiger partial charge in [-0.3, -0.25) is 0 Å². The topological polar surface area (TPSA) is 90.6 Å². The summed E-state index contributed by atoms with van der Waals surface area (Å²) in [5.41, 5.74) is 1.77. The summed E-state index contributed by atoms with van der Waals surface area (Å²) in [5.74, 6) is 2.73. The standard InChI is InChI=1S/C22H26N2O5S/c1-28-18-6-8-19(9-7-18)29-14-17(25)13-24-21-5-3-2-4-20(21)23-22(24)12-16-10-11-30(26,27)15-16/h2-9,16-17,25H,10-15H2,1H3/t16-,17-/m0/s1. The first-order chi connectivity index (χ1) is 14.4. The van der Waals surface area contributed by atoms with E-state index in [2.05, 4.69) is 0 Å². The third kappa shape index (κ3) is 4.76. The molecule has 0 unspecified atom stereocenters. The fourth-order valence-corrected chi connectivity index (χ4v) is 5.77. The first-order valence-corrected chi connectivity index (χ1v) is 11.8. The van der Waals surface area contributed by atoms with E-state index < -0.39 is 15.9 Å². The van der Waals surface area contributed by atoms with Crippen molar-refractivity contribution in [2.24, 2.45) is 5.92 Å². The van der Waals surface area contributed by atoms with Gasteiger partial charge in [-0.05, 0) is 48.7 Å². The smallest absolute Gasteiger partial charge is 0.150 e. The molecule has 2 aromatic carbocycles. The average Bonchev–Trinajstić information content (AvgIpc) is 3.26. The summed E-state index contributed by atoms with van der Waals surface area (Å²) >= 11 is 0. The largest absolute Gasteiger partial charge is 0.497 e. The molecule has 1 aliphatic rings. The van der Waals surface area contributed by atoms with Crippen molar-refractivity contribution in [3.63, 3.8) is 0 Å². The molecule has 1 aliphatic heterocycles. The quantitative estimate of drug-likeness (QED) is 0.590. The molecule has 1 saturated heterocycles. The Kier molecular flexibility index (Phi) is 5.97. The number of ether oxygens (including phenoxy) is 2. The van der Waals surface area contributed by atoms with Crippen molar-refractivity contribution in [2.75, 3.05) is 25.2 Å². The normalized spacial score (nSPS) is 19.1. The lowest BCUT2D eigenvalue weighted by atomic mass is 10.1. The van der Waals surface area contributed by atoms with E-state index in [0.29, 0.717) is 25.1 Å². The van der Waals surface area contributed by atoms with Gasteiger partial charge in [-0.25, -0.2) is 13.4 Å². The molecule has 160 valence electrons. The van der Waals surface area contributed by atoms with Crippen molar-refractivity contribution in [1.82, 2.24) is 9.55 Å².